The summed E-state index contributed by atoms with van der Waals surface area (Å²) in [5, 5.41) is 6.03. The van der Waals surface area contributed by atoms with Gasteiger partial charge in [0.25, 0.3) is 0 Å². The Morgan fingerprint density at radius 1 is 0.562 bits per heavy atom. The molecule has 96 valence electrons. The Morgan fingerprint density at radius 3 is 0.875 bits per heavy atom. The number of halogens is 2. The third-order valence-electron chi connectivity index (χ3n) is 1.97. The number of rotatable bonds is 8. The quantitative estimate of drug-likeness (QED) is 0.283. The van der Waals surface area contributed by atoms with Gasteiger partial charge in [-0.05, 0) is 0 Å². The molecular formula is C12H28Al2FI. The number of hydrogen-bond donors (Lipinski definition) is 0. The van der Waals surface area contributed by atoms with E-state index in [2.05, 4.69) is 27.7 Å². The Balaban J connectivity index is -0.0000000800. The van der Waals surface area contributed by atoms with E-state index in [1.54, 1.807) is 0 Å². The zero-order chi connectivity index (χ0) is 11.1. The third kappa shape index (κ3) is 36.1. The first kappa shape index (κ1) is 26.3. The van der Waals surface area contributed by atoms with E-state index in [1.165, 1.54) is 46.8 Å². The van der Waals surface area contributed by atoms with Crippen molar-refractivity contribution in [2.75, 3.05) is 0 Å². The van der Waals surface area contributed by atoms with Crippen LogP contribution in [0, 0.1) is 0 Å². The van der Waals surface area contributed by atoms with E-state index in [0.717, 1.165) is 30.4 Å². The summed E-state index contributed by atoms with van der Waals surface area (Å²) in [5.41, 5.74) is 0. The number of hydrogen-bond acceptors (Lipinski definition) is 0. The summed E-state index contributed by atoms with van der Waals surface area (Å²) < 4.78 is 0. The Morgan fingerprint density at radius 2 is 0.750 bits per heavy atom. The van der Waals surface area contributed by atoms with Crippen LogP contribution in [-0.4, -0.2) is 30.4 Å². The first-order chi connectivity index (χ1) is 6.83. The average molecular weight is 372 g/mol. The molecule has 16 heavy (non-hydrogen) atoms. The Kier molecular flexibility index (Phi) is 49.5. The van der Waals surface area contributed by atoms with Crippen molar-refractivity contribution in [3.05, 3.63) is 0 Å². The monoisotopic (exact) mass is 372 g/mol. The van der Waals surface area contributed by atoms with E-state index >= 15 is 0 Å². The van der Waals surface area contributed by atoms with Gasteiger partial charge in [0.15, 0.2) is 0 Å². The molecule has 0 unspecified atom stereocenters. The van der Waals surface area contributed by atoms with Gasteiger partial charge in [-0.1, -0.05) is 0 Å². The molecule has 0 rings (SSSR count). The maximum Gasteiger partial charge on any atom is -1.00 e. The second-order valence-electron chi connectivity index (χ2n) is 3.73. The molecule has 0 saturated carbocycles. The molecule has 0 bridgehead atoms. The predicted octanol–water partition coefficient (Wildman–Crippen LogP) is -1.30. The zero-order valence-electron chi connectivity index (χ0n) is 11.6. The van der Waals surface area contributed by atoms with E-state index < -0.39 is 0 Å². The molecule has 0 aliphatic heterocycles. The van der Waals surface area contributed by atoms with Gasteiger partial charge in [-0.25, -0.2) is 0 Å². The summed E-state index contributed by atoms with van der Waals surface area (Å²) in [6.45, 7) is 9.07. The zero-order valence-corrected chi connectivity index (χ0v) is 16.0. The van der Waals surface area contributed by atoms with E-state index in [9.17, 15) is 0 Å². The molecule has 0 N–H and O–H groups in total. The van der Waals surface area contributed by atoms with Gasteiger partial charge in [-0.2, -0.15) is 0 Å². The first-order valence-corrected chi connectivity index (χ1v) is 9.73. The van der Waals surface area contributed by atoms with Gasteiger partial charge in [0.05, 0.1) is 0 Å². The van der Waals surface area contributed by atoms with E-state index in [4.69, 9.17) is 0 Å². The fraction of sp³-hybridized carbons (Fsp3) is 1.00. The van der Waals surface area contributed by atoms with Gasteiger partial charge in [0, 0.05) is 0 Å². The minimum absolute atomic E-state index is 0. The van der Waals surface area contributed by atoms with Crippen molar-refractivity contribution >= 4 is 30.4 Å². The molecule has 4 heteroatoms. The van der Waals surface area contributed by atoms with Crippen molar-refractivity contribution in [1.82, 2.24) is 0 Å². The van der Waals surface area contributed by atoms with Crippen LogP contribution >= 0.6 is 0 Å². The molecule has 0 aromatic rings. The third-order valence-corrected chi connectivity index (χ3v) is 5.91. The van der Waals surface area contributed by atoms with Crippen molar-refractivity contribution < 1.29 is 28.7 Å². The van der Waals surface area contributed by atoms with Gasteiger partial charge < -0.3 is 28.7 Å². The van der Waals surface area contributed by atoms with Crippen LogP contribution in [0.15, 0.2) is 0 Å². The summed E-state index contributed by atoms with van der Waals surface area (Å²) in [6, 6.07) is 0. The SMILES string of the molecule is CC[CH2][Al+][CH2]CC.CC[CH2][Al+][CH2]CC.[F-].[I-]. The standard InChI is InChI=1S/4C3H7.2Al.FH.HI/c4*1-3-2;;;;/h4*1,3H2,2H3;;;2*1H/q;;;;2*+1;;/p-2. The van der Waals surface area contributed by atoms with Crippen LogP contribution in [0.25, 0.3) is 0 Å². The molecule has 0 aromatic heterocycles. The fourth-order valence-corrected chi connectivity index (χ4v) is 3.32. The minimum atomic E-state index is 0. The topological polar surface area (TPSA) is 0 Å². The second kappa shape index (κ2) is 30.1. The average Bonchev–Trinajstić information content (AvgIpc) is 2.21. The molecule has 0 atom stereocenters. The van der Waals surface area contributed by atoms with Crippen LogP contribution in [0.4, 0.5) is 0 Å². The molecule has 0 aliphatic rings. The van der Waals surface area contributed by atoms with Crippen molar-refractivity contribution in [1.29, 1.82) is 0 Å². The summed E-state index contributed by atoms with van der Waals surface area (Å²) in [5.74, 6) is 0. The molecular weight excluding hydrogens is 344 g/mol. The van der Waals surface area contributed by atoms with Crippen molar-refractivity contribution in [3.8, 4) is 0 Å². The van der Waals surface area contributed by atoms with E-state index in [-0.39, 0.29) is 28.7 Å². The second-order valence-corrected chi connectivity index (χ2v) is 7.20. The Labute approximate surface area is 133 Å². The molecule has 0 saturated heterocycles. The van der Waals surface area contributed by atoms with Gasteiger partial charge >= 0.3 is 105 Å². The van der Waals surface area contributed by atoms with Crippen molar-refractivity contribution in [3.63, 3.8) is 0 Å². The van der Waals surface area contributed by atoms with Crippen LogP contribution in [-0.2, 0) is 0 Å². The maximum atomic E-state index is 2.27. The smallest absolute Gasteiger partial charge is 1.00 e. The molecule has 0 amide bonds. The maximum absolute atomic E-state index is 2.27. The molecule has 0 fully saturated rings. The van der Waals surface area contributed by atoms with Gasteiger partial charge in [-0.3, -0.25) is 0 Å². The predicted molar refractivity (Wildman–Crippen MR) is 71.9 cm³/mol. The van der Waals surface area contributed by atoms with E-state index in [1.807, 2.05) is 0 Å². The molecule has 0 aromatic carbocycles. The van der Waals surface area contributed by atoms with Gasteiger partial charge in [-0.15, -0.1) is 0 Å². The van der Waals surface area contributed by atoms with Crippen molar-refractivity contribution in [2.24, 2.45) is 0 Å². The summed E-state index contributed by atoms with van der Waals surface area (Å²) >= 11 is 1.64. The largest absolute Gasteiger partial charge is 1.00 e. The molecule has 0 aliphatic carbocycles. The van der Waals surface area contributed by atoms with Crippen LogP contribution in [0.5, 0.6) is 0 Å². The normalized spacial score (nSPS) is 7.25. The first-order valence-electron chi connectivity index (χ1n) is 6.46. The van der Waals surface area contributed by atoms with Crippen LogP contribution in [0.1, 0.15) is 53.4 Å². The van der Waals surface area contributed by atoms with Crippen LogP contribution in [0.3, 0.4) is 0 Å². The summed E-state index contributed by atoms with van der Waals surface area (Å²) in [7, 11) is 0. The molecule has 0 heterocycles. The van der Waals surface area contributed by atoms with Crippen LogP contribution in [0.2, 0.25) is 21.1 Å². The summed E-state index contributed by atoms with van der Waals surface area (Å²) in [6.07, 6.45) is 5.59. The van der Waals surface area contributed by atoms with Crippen LogP contribution < -0.4 is 28.7 Å². The molecule has 0 spiro atoms. The van der Waals surface area contributed by atoms with E-state index in [0.29, 0.717) is 0 Å². The van der Waals surface area contributed by atoms with Gasteiger partial charge in [0.2, 0.25) is 0 Å². The molecule has 0 radical (unpaired) electrons. The summed E-state index contributed by atoms with van der Waals surface area (Å²) in [4.78, 5) is 0. The minimum Gasteiger partial charge on any atom is -1.00 e. The van der Waals surface area contributed by atoms with Crippen molar-refractivity contribution in [2.45, 2.75) is 74.5 Å². The molecule has 0 nitrogen and oxygen atoms in total. The Hall–Kier alpha value is 1.72. The Bertz CT molecular complexity index is 67.4. The van der Waals surface area contributed by atoms with Gasteiger partial charge in [0.1, 0.15) is 0 Å². The fourth-order valence-electron chi connectivity index (χ4n) is 1.11.